The van der Waals surface area contributed by atoms with Crippen molar-refractivity contribution in [2.45, 2.75) is 51.6 Å². The number of carboxylic acid groups (broad SMARTS) is 1. The van der Waals surface area contributed by atoms with Crippen molar-refractivity contribution >= 4 is 12.1 Å². The highest BCUT2D eigenvalue weighted by Crippen LogP contribution is 2.25. The van der Waals surface area contributed by atoms with E-state index in [4.69, 9.17) is 14.2 Å². The number of hydrogen-bond donors (Lipinski definition) is 1. The van der Waals surface area contributed by atoms with Crippen LogP contribution in [0.25, 0.3) is 0 Å². The first-order chi connectivity index (χ1) is 17.4. The van der Waals surface area contributed by atoms with Crippen LogP contribution in [0.1, 0.15) is 44.6 Å². The zero-order chi connectivity index (χ0) is 25.9. The standard InChI is InChI=1S/C27H33F2NO6/c1-2-34-25(26(31)32)16-19-8-11-22(12-9-19)35-15-14-30(18-20-6-4-3-5-7-20)27(33)36-24-13-10-21(28)17-23(24)29/h8-13,17,20,25H,2-7,14-16,18H2,1H3,(H,31,32). The minimum Gasteiger partial charge on any atom is -0.492 e. The van der Waals surface area contributed by atoms with Crippen molar-refractivity contribution < 1.29 is 37.7 Å². The molecule has 2 aromatic rings. The number of carbonyl (C=O) groups excluding carboxylic acids is 1. The molecule has 0 spiro atoms. The second-order valence-corrected chi connectivity index (χ2v) is 8.87. The van der Waals surface area contributed by atoms with Crippen molar-refractivity contribution in [2.75, 3.05) is 26.3 Å². The highest BCUT2D eigenvalue weighted by Gasteiger charge is 2.23. The van der Waals surface area contributed by atoms with E-state index in [1.54, 1.807) is 31.2 Å². The van der Waals surface area contributed by atoms with Gasteiger partial charge in [-0.2, -0.15) is 0 Å². The molecule has 1 saturated carbocycles. The van der Waals surface area contributed by atoms with Crippen LogP contribution in [0.15, 0.2) is 42.5 Å². The fourth-order valence-electron chi connectivity index (χ4n) is 4.28. The van der Waals surface area contributed by atoms with Crippen molar-refractivity contribution in [1.29, 1.82) is 0 Å². The van der Waals surface area contributed by atoms with E-state index in [0.29, 0.717) is 30.9 Å². The summed E-state index contributed by atoms with van der Waals surface area (Å²) in [5.41, 5.74) is 0.798. The van der Waals surface area contributed by atoms with Gasteiger partial charge in [0.25, 0.3) is 0 Å². The summed E-state index contributed by atoms with van der Waals surface area (Å²) in [5.74, 6) is -2.12. The van der Waals surface area contributed by atoms with E-state index in [1.165, 1.54) is 11.3 Å². The lowest BCUT2D eigenvalue weighted by molar-refractivity contribution is -0.149. The van der Waals surface area contributed by atoms with E-state index in [-0.39, 0.29) is 25.3 Å². The molecule has 9 heteroatoms. The molecule has 1 unspecified atom stereocenters. The van der Waals surface area contributed by atoms with Crippen molar-refractivity contribution in [2.24, 2.45) is 5.92 Å². The fourth-order valence-corrected chi connectivity index (χ4v) is 4.28. The summed E-state index contributed by atoms with van der Waals surface area (Å²) in [6, 6.07) is 9.83. The molecule has 0 aliphatic heterocycles. The van der Waals surface area contributed by atoms with Gasteiger partial charge in [0.15, 0.2) is 17.7 Å². The molecule has 1 aliphatic carbocycles. The van der Waals surface area contributed by atoms with E-state index in [2.05, 4.69) is 0 Å². The molecular weight excluding hydrogens is 472 g/mol. The number of rotatable bonds is 12. The van der Waals surface area contributed by atoms with E-state index >= 15 is 0 Å². The van der Waals surface area contributed by atoms with E-state index in [1.807, 2.05) is 0 Å². The van der Waals surface area contributed by atoms with E-state index in [9.17, 15) is 23.5 Å². The summed E-state index contributed by atoms with van der Waals surface area (Å²) in [6.07, 6.45) is 4.03. The number of amides is 1. The Morgan fingerprint density at radius 3 is 2.44 bits per heavy atom. The average molecular weight is 506 g/mol. The minimum atomic E-state index is -1.01. The normalized spacial score (nSPS) is 14.8. The summed E-state index contributed by atoms with van der Waals surface area (Å²) in [7, 11) is 0. The van der Waals surface area contributed by atoms with Crippen LogP contribution in [0, 0.1) is 17.6 Å². The summed E-state index contributed by atoms with van der Waals surface area (Å²) < 4.78 is 43.5. The van der Waals surface area contributed by atoms with Gasteiger partial charge in [-0.1, -0.05) is 31.4 Å². The maximum Gasteiger partial charge on any atom is 0.415 e. The van der Waals surface area contributed by atoms with Gasteiger partial charge < -0.3 is 24.2 Å². The number of carbonyl (C=O) groups is 2. The van der Waals surface area contributed by atoms with Crippen LogP contribution in [-0.2, 0) is 16.0 Å². The van der Waals surface area contributed by atoms with Crippen molar-refractivity contribution in [3.8, 4) is 11.5 Å². The molecule has 3 rings (SSSR count). The number of benzene rings is 2. The van der Waals surface area contributed by atoms with Crippen molar-refractivity contribution in [1.82, 2.24) is 4.90 Å². The summed E-state index contributed by atoms with van der Waals surface area (Å²) in [5, 5.41) is 9.24. The fraction of sp³-hybridized carbons (Fsp3) is 0.481. The molecule has 7 nitrogen and oxygen atoms in total. The first kappa shape index (κ1) is 27.4. The molecule has 196 valence electrons. The lowest BCUT2D eigenvalue weighted by Gasteiger charge is -2.29. The molecule has 1 aliphatic rings. The predicted molar refractivity (Wildman–Crippen MR) is 129 cm³/mol. The summed E-state index contributed by atoms with van der Waals surface area (Å²) >= 11 is 0. The van der Waals surface area contributed by atoms with Gasteiger partial charge in [-0.25, -0.2) is 18.4 Å². The molecule has 0 saturated heterocycles. The van der Waals surface area contributed by atoms with Gasteiger partial charge >= 0.3 is 12.1 Å². The lowest BCUT2D eigenvalue weighted by Crippen LogP contribution is -2.40. The van der Waals surface area contributed by atoms with Crippen LogP contribution in [0.5, 0.6) is 11.5 Å². The van der Waals surface area contributed by atoms with Gasteiger partial charge in [0.2, 0.25) is 0 Å². The van der Waals surface area contributed by atoms with Gasteiger partial charge in [0, 0.05) is 25.6 Å². The molecule has 1 atom stereocenters. The summed E-state index contributed by atoms with van der Waals surface area (Å²) in [4.78, 5) is 25.6. The molecule has 36 heavy (non-hydrogen) atoms. The second-order valence-electron chi connectivity index (χ2n) is 8.87. The number of nitrogens with zero attached hydrogens (tertiary/aromatic N) is 1. The van der Waals surface area contributed by atoms with Crippen LogP contribution in [0.2, 0.25) is 0 Å². The van der Waals surface area contributed by atoms with Gasteiger partial charge in [0.05, 0.1) is 6.54 Å². The maximum absolute atomic E-state index is 14.0. The SMILES string of the molecule is CCOC(Cc1ccc(OCCN(CC2CCCCC2)C(=O)Oc2ccc(F)cc2F)cc1)C(=O)O. The zero-order valence-corrected chi connectivity index (χ0v) is 20.5. The molecule has 1 fully saturated rings. The molecular formula is C27H33F2NO6. The predicted octanol–water partition coefficient (Wildman–Crippen LogP) is 5.46. The Bertz CT molecular complexity index is 994. The second kappa shape index (κ2) is 13.8. The molecule has 0 radical (unpaired) electrons. The van der Waals surface area contributed by atoms with E-state index in [0.717, 1.165) is 43.4 Å². The van der Waals surface area contributed by atoms with Crippen LogP contribution in [0.4, 0.5) is 13.6 Å². The smallest absolute Gasteiger partial charge is 0.415 e. The Hall–Kier alpha value is -3.20. The molecule has 0 aromatic heterocycles. The minimum absolute atomic E-state index is 0.184. The highest BCUT2D eigenvalue weighted by atomic mass is 19.1. The molecule has 1 N–H and O–H groups in total. The van der Waals surface area contributed by atoms with Gasteiger partial charge in [-0.3, -0.25) is 0 Å². The van der Waals surface area contributed by atoms with Crippen LogP contribution < -0.4 is 9.47 Å². The quantitative estimate of drug-likeness (QED) is 0.413. The first-order valence-electron chi connectivity index (χ1n) is 12.3. The number of carboxylic acids is 1. The van der Waals surface area contributed by atoms with Crippen molar-refractivity contribution in [3.63, 3.8) is 0 Å². The molecule has 0 bridgehead atoms. The Labute approximate surface area is 210 Å². The van der Waals surface area contributed by atoms with Gasteiger partial charge in [-0.05, 0) is 55.5 Å². The van der Waals surface area contributed by atoms with Crippen molar-refractivity contribution in [3.05, 3.63) is 59.7 Å². The Morgan fingerprint density at radius 2 is 1.81 bits per heavy atom. The Balaban J connectivity index is 1.58. The number of ether oxygens (including phenoxy) is 3. The zero-order valence-electron chi connectivity index (χ0n) is 20.5. The largest absolute Gasteiger partial charge is 0.492 e. The molecule has 0 heterocycles. The maximum atomic E-state index is 14.0. The first-order valence-corrected chi connectivity index (χ1v) is 12.3. The Kier molecular flexibility index (Phi) is 10.5. The van der Waals surface area contributed by atoms with Crippen LogP contribution in [0.3, 0.4) is 0 Å². The van der Waals surface area contributed by atoms with Crippen LogP contribution >= 0.6 is 0 Å². The number of hydrogen-bond acceptors (Lipinski definition) is 5. The average Bonchev–Trinajstić information content (AvgIpc) is 2.86. The highest BCUT2D eigenvalue weighted by molar-refractivity contribution is 5.72. The van der Waals surface area contributed by atoms with E-state index < -0.39 is 29.8 Å². The van der Waals surface area contributed by atoms with Gasteiger partial charge in [-0.15, -0.1) is 0 Å². The third kappa shape index (κ3) is 8.48. The monoisotopic (exact) mass is 505 g/mol. The topological polar surface area (TPSA) is 85.3 Å². The lowest BCUT2D eigenvalue weighted by atomic mass is 9.89. The summed E-state index contributed by atoms with van der Waals surface area (Å²) in [6.45, 7) is 2.94. The van der Waals surface area contributed by atoms with Crippen LogP contribution in [-0.4, -0.2) is 54.5 Å². The third-order valence-corrected chi connectivity index (χ3v) is 6.17. The Morgan fingerprint density at radius 1 is 1.08 bits per heavy atom. The molecule has 1 amide bonds. The van der Waals surface area contributed by atoms with Gasteiger partial charge in [0.1, 0.15) is 18.2 Å². The molecule has 2 aromatic carbocycles. The number of aliphatic carboxylic acids is 1. The third-order valence-electron chi connectivity index (χ3n) is 6.17. The number of halogens is 2.